The maximum absolute atomic E-state index is 10.2. The molecule has 0 aromatic rings. The maximum atomic E-state index is 10.2. The molecule has 4 nitrogen and oxygen atoms in total. The van der Waals surface area contributed by atoms with Gasteiger partial charge in [-0.15, -0.1) is 0 Å². The van der Waals surface area contributed by atoms with Crippen LogP contribution >= 0.6 is 9.42 Å². The minimum absolute atomic E-state index is 0.0185. The summed E-state index contributed by atoms with van der Waals surface area (Å²) in [5, 5.41) is 8.41. The molecular formula is C12H22ClN2O2Pt-2. The van der Waals surface area contributed by atoms with Crippen LogP contribution in [0.4, 0.5) is 0 Å². The normalized spacial score (nSPS) is 27.6. The molecule has 0 amide bonds. The number of hydrogen-bond donors (Lipinski definition) is 1. The van der Waals surface area contributed by atoms with Gasteiger partial charge in [0.1, 0.15) is 0 Å². The summed E-state index contributed by atoms with van der Waals surface area (Å²) in [6.45, 7) is 0. The Labute approximate surface area is 125 Å². The van der Waals surface area contributed by atoms with Gasteiger partial charge < -0.3 is 16.6 Å². The van der Waals surface area contributed by atoms with Gasteiger partial charge in [-0.3, -0.25) is 4.79 Å². The molecule has 0 radical (unpaired) electrons. The predicted molar refractivity (Wildman–Crippen MR) is 70.1 cm³/mol. The minimum atomic E-state index is -0.609. The molecular weight excluding hydrogens is 435 g/mol. The molecule has 18 heavy (non-hydrogen) atoms. The topological polar surface area (TPSA) is 84.9 Å². The molecule has 111 valence electrons. The SMILES string of the molecule is O=C(O)C1CCCC1.[Cl][Pt].[NH-][C@@H]1CCCC[C@H]1[NH-]. The van der Waals surface area contributed by atoms with E-state index in [1.165, 1.54) is 12.8 Å². The molecule has 0 spiro atoms. The molecule has 2 fully saturated rings. The van der Waals surface area contributed by atoms with Crippen LogP contribution in [0, 0.1) is 5.92 Å². The van der Waals surface area contributed by atoms with E-state index in [2.05, 4.69) is 9.42 Å². The van der Waals surface area contributed by atoms with Crippen LogP contribution in [0.2, 0.25) is 0 Å². The zero-order chi connectivity index (χ0) is 14.0. The Morgan fingerprint density at radius 2 is 1.28 bits per heavy atom. The van der Waals surface area contributed by atoms with Crippen LogP contribution < -0.4 is 0 Å². The number of rotatable bonds is 1. The molecule has 2 saturated carbocycles. The Balaban J connectivity index is 0.000000283. The van der Waals surface area contributed by atoms with Gasteiger partial charge in [0.2, 0.25) is 0 Å². The zero-order valence-corrected chi connectivity index (χ0v) is 13.5. The molecule has 0 saturated heterocycles. The van der Waals surface area contributed by atoms with E-state index >= 15 is 0 Å². The smallest absolute Gasteiger partial charge is 0.0548 e. The van der Waals surface area contributed by atoms with E-state index in [0.717, 1.165) is 38.5 Å². The molecule has 6 heteroatoms. The second kappa shape index (κ2) is 11.2. The number of aliphatic carboxylic acids is 1. The molecule has 3 N–H and O–H groups in total. The van der Waals surface area contributed by atoms with E-state index in [-0.39, 0.29) is 18.0 Å². The Hall–Kier alpha value is 0.368. The van der Waals surface area contributed by atoms with Crippen molar-refractivity contribution in [2.24, 2.45) is 5.92 Å². The summed E-state index contributed by atoms with van der Waals surface area (Å²) in [5.74, 6) is -0.627. The number of carboxylic acids is 1. The maximum Gasteiger partial charge on any atom is -0.0548 e. The second-order valence-corrected chi connectivity index (χ2v) is 4.82. The predicted octanol–water partition coefficient (Wildman–Crippen LogP) is 4.35. The zero-order valence-electron chi connectivity index (χ0n) is 10.4. The summed E-state index contributed by atoms with van der Waals surface area (Å²) in [5.41, 5.74) is 14.6. The van der Waals surface area contributed by atoms with Crippen molar-refractivity contribution in [2.45, 2.75) is 63.5 Å². The van der Waals surface area contributed by atoms with Gasteiger partial charge in [0.05, 0.1) is 5.92 Å². The summed E-state index contributed by atoms with van der Waals surface area (Å²) in [4.78, 5) is 10.2. The van der Waals surface area contributed by atoms with E-state index < -0.39 is 5.97 Å². The monoisotopic (exact) mass is 456 g/mol. The fourth-order valence-electron chi connectivity index (χ4n) is 2.30. The van der Waals surface area contributed by atoms with Crippen molar-refractivity contribution in [3.63, 3.8) is 0 Å². The molecule has 2 aliphatic rings. The molecule has 0 aromatic heterocycles. The fraction of sp³-hybridized carbons (Fsp3) is 0.917. The van der Waals surface area contributed by atoms with Gasteiger partial charge in [0, 0.05) is 0 Å². The van der Waals surface area contributed by atoms with Crippen LogP contribution in [0.15, 0.2) is 0 Å². The van der Waals surface area contributed by atoms with Crippen LogP contribution in [0.3, 0.4) is 0 Å². The number of hydrogen-bond acceptors (Lipinski definition) is 1. The number of carboxylic acid groups (broad SMARTS) is 1. The van der Waals surface area contributed by atoms with Crippen molar-refractivity contribution < 1.29 is 28.7 Å². The Bertz CT molecular complexity index is 216. The fourth-order valence-corrected chi connectivity index (χ4v) is 2.30. The summed E-state index contributed by atoms with van der Waals surface area (Å²) >= 11 is 1.61. The molecule has 0 bridgehead atoms. The average molecular weight is 457 g/mol. The first-order chi connectivity index (χ1) is 8.61. The van der Waals surface area contributed by atoms with Gasteiger partial charge in [0.15, 0.2) is 0 Å². The third kappa shape index (κ3) is 7.73. The van der Waals surface area contributed by atoms with Crippen molar-refractivity contribution >= 4 is 15.4 Å². The first kappa shape index (κ1) is 18.4. The second-order valence-electron chi connectivity index (χ2n) is 4.82. The first-order valence-electron chi connectivity index (χ1n) is 6.38. The van der Waals surface area contributed by atoms with Gasteiger partial charge in [-0.2, -0.15) is 12.1 Å². The summed E-state index contributed by atoms with van der Waals surface area (Å²) in [6.07, 6.45) is 8.26. The summed E-state index contributed by atoms with van der Waals surface area (Å²) in [7, 11) is 4.61. The van der Waals surface area contributed by atoms with Gasteiger partial charge >= 0.3 is 34.2 Å². The average Bonchev–Trinajstić information content (AvgIpc) is 2.90. The van der Waals surface area contributed by atoms with Crippen molar-refractivity contribution in [1.82, 2.24) is 0 Å². The van der Waals surface area contributed by atoms with E-state index in [9.17, 15) is 4.79 Å². The van der Waals surface area contributed by atoms with Crippen molar-refractivity contribution in [3.8, 4) is 0 Å². The molecule has 2 aliphatic carbocycles. The van der Waals surface area contributed by atoms with Crippen LogP contribution in [-0.2, 0) is 23.6 Å². The molecule has 0 unspecified atom stereocenters. The van der Waals surface area contributed by atoms with Gasteiger partial charge in [-0.25, -0.2) is 0 Å². The standard InChI is InChI=1S/C6H12N2.C6H10O2.ClH.Pt/c7-5-3-1-2-4-6(5)8;7-6(8)5-3-1-2-4-5;;/h5-8H,1-4H2;5H,1-4H2,(H,7,8);1H;/q-2;;;+1/p-1/t5-,6-;;;/m1.../s1. The van der Waals surface area contributed by atoms with Gasteiger partial charge in [0.25, 0.3) is 0 Å². The largest absolute Gasteiger partial charge is 0.676 e. The Morgan fingerprint density at radius 3 is 1.50 bits per heavy atom. The Kier molecular flexibility index (Phi) is 11.4. The van der Waals surface area contributed by atoms with Gasteiger partial charge in [-0.1, -0.05) is 38.5 Å². The van der Waals surface area contributed by atoms with Crippen LogP contribution in [0.1, 0.15) is 51.4 Å². The summed E-state index contributed by atoms with van der Waals surface area (Å²) < 4.78 is 0. The van der Waals surface area contributed by atoms with Crippen LogP contribution in [-0.4, -0.2) is 23.2 Å². The molecule has 2 rings (SSSR count). The van der Waals surface area contributed by atoms with E-state index in [0.29, 0.717) is 0 Å². The van der Waals surface area contributed by atoms with E-state index in [1.807, 2.05) is 0 Å². The quantitative estimate of drug-likeness (QED) is 0.636. The first-order valence-corrected chi connectivity index (χ1v) is 9.20. The van der Waals surface area contributed by atoms with Crippen LogP contribution in [0.5, 0.6) is 0 Å². The molecule has 0 aliphatic heterocycles. The van der Waals surface area contributed by atoms with E-state index in [1.54, 1.807) is 18.8 Å². The third-order valence-corrected chi connectivity index (χ3v) is 3.47. The minimum Gasteiger partial charge on any atom is -0.676 e. The third-order valence-electron chi connectivity index (χ3n) is 3.47. The molecule has 0 aromatic carbocycles. The number of halogens is 1. The Morgan fingerprint density at radius 1 is 0.944 bits per heavy atom. The number of carbonyl (C=O) groups is 1. The number of nitrogens with one attached hydrogen (secondary N) is 2. The van der Waals surface area contributed by atoms with Crippen LogP contribution in [0.25, 0.3) is 11.5 Å². The summed E-state index contributed by atoms with van der Waals surface area (Å²) in [6, 6.07) is -0.160. The van der Waals surface area contributed by atoms with Crippen molar-refractivity contribution in [2.75, 3.05) is 0 Å². The molecule has 2 atom stereocenters. The van der Waals surface area contributed by atoms with E-state index in [4.69, 9.17) is 16.6 Å². The van der Waals surface area contributed by atoms with Gasteiger partial charge in [-0.05, 0) is 12.8 Å². The molecule has 0 heterocycles. The van der Waals surface area contributed by atoms with Crippen molar-refractivity contribution in [1.29, 1.82) is 0 Å². The van der Waals surface area contributed by atoms with Crippen molar-refractivity contribution in [3.05, 3.63) is 11.5 Å².